The van der Waals surface area contributed by atoms with Crippen LogP contribution < -0.4 is 5.32 Å². The van der Waals surface area contributed by atoms with Crippen LogP contribution in [-0.4, -0.2) is 10.1 Å². The van der Waals surface area contributed by atoms with Crippen LogP contribution in [0.3, 0.4) is 0 Å². The Hall–Kier alpha value is -1.39. The third-order valence-electron chi connectivity index (χ3n) is 2.58. The van der Waals surface area contributed by atoms with Crippen LogP contribution >= 0.6 is 11.3 Å². The molecule has 2 aromatic rings. The second-order valence-electron chi connectivity index (χ2n) is 4.07. The number of thiazole rings is 1. The smallest absolute Gasteiger partial charge is 0.122 e. The lowest BCUT2D eigenvalue weighted by molar-refractivity contribution is 0.460. The number of para-hydroxylation sites is 1. The summed E-state index contributed by atoms with van der Waals surface area (Å²) in [5.74, 6) is 0.385. The predicted molar refractivity (Wildman–Crippen MR) is 70.2 cm³/mol. The van der Waals surface area contributed by atoms with Crippen molar-refractivity contribution in [2.45, 2.75) is 26.9 Å². The lowest BCUT2D eigenvalue weighted by Crippen LogP contribution is -2.12. The first-order valence-electron chi connectivity index (χ1n) is 5.56. The second kappa shape index (κ2) is 5.29. The quantitative estimate of drug-likeness (QED) is 0.874. The van der Waals surface area contributed by atoms with Gasteiger partial charge in [-0.15, -0.1) is 11.3 Å². The molecule has 0 unspecified atom stereocenters. The molecule has 2 N–H and O–H groups in total. The summed E-state index contributed by atoms with van der Waals surface area (Å²) in [6, 6.07) is 5.80. The number of nitrogens with zero attached hydrogens (tertiary/aromatic N) is 1. The normalized spacial score (nSPS) is 10.7. The van der Waals surface area contributed by atoms with Gasteiger partial charge in [-0.1, -0.05) is 18.2 Å². The molecule has 4 heteroatoms. The van der Waals surface area contributed by atoms with E-state index >= 15 is 0 Å². The highest BCUT2D eigenvalue weighted by molar-refractivity contribution is 7.09. The van der Waals surface area contributed by atoms with Crippen LogP contribution in [0.15, 0.2) is 23.6 Å². The van der Waals surface area contributed by atoms with Crippen LogP contribution in [0, 0.1) is 13.8 Å². The van der Waals surface area contributed by atoms with Gasteiger partial charge >= 0.3 is 0 Å². The van der Waals surface area contributed by atoms with Gasteiger partial charge in [0.05, 0.1) is 0 Å². The fourth-order valence-corrected chi connectivity index (χ4v) is 2.39. The van der Waals surface area contributed by atoms with Crippen LogP contribution in [0.5, 0.6) is 5.75 Å². The van der Waals surface area contributed by atoms with Crippen molar-refractivity contribution < 1.29 is 5.11 Å². The Kier molecular flexibility index (Phi) is 3.76. The Morgan fingerprint density at radius 3 is 2.82 bits per heavy atom. The number of nitrogens with one attached hydrogen (secondary N) is 1. The number of phenols is 1. The SMILES string of the molecule is Cc1csc(CNCc2cccc(C)c2O)n1. The molecule has 0 saturated heterocycles. The number of aromatic hydroxyl groups is 1. The topological polar surface area (TPSA) is 45.1 Å². The van der Waals surface area contributed by atoms with E-state index in [0.29, 0.717) is 12.3 Å². The zero-order chi connectivity index (χ0) is 12.3. The van der Waals surface area contributed by atoms with Gasteiger partial charge in [-0.3, -0.25) is 0 Å². The van der Waals surface area contributed by atoms with Gasteiger partial charge in [0.2, 0.25) is 0 Å². The highest BCUT2D eigenvalue weighted by atomic mass is 32.1. The summed E-state index contributed by atoms with van der Waals surface area (Å²) >= 11 is 1.66. The largest absolute Gasteiger partial charge is 0.507 e. The van der Waals surface area contributed by atoms with Gasteiger partial charge in [0.1, 0.15) is 10.8 Å². The molecule has 0 fully saturated rings. The summed E-state index contributed by atoms with van der Waals surface area (Å²) in [5, 5.41) is 16.3. The van der Waals surface area contributed by atoms with Gasteiger partial charge < -0.3 is 10.4 Å². The number of phenolic OH excluding ortho intramolecular Hbond substituents is 1. The molecule has 0 amide bonds. The molecule has 0 saturated carbocycles. The molecule has 1 aromatic heterocycles. The zero-order valence-corrected chi connectivity index (χ0v) is 10.8. The van der Waals surface area contributed by atoms with Gasteiger partial charge in [0.15, 0.2) is 0 Å². The van der Waals surface area contributed by atoms with Gasteiger partial charge in [0, 0.05) is 29.7 Å². The fraction of sp³-hybridized carbons (Fsp3) is 0.308. The predicted octanol–water partition coefficient (Wildman–Crippen LogP) is 2.76. The highest BCUT2D eigenvalue weighted by Crippen LogP contribution is 2.21. The monoisotopic (exact) mass is 248 g/mol. The number of rotatable bonds is 4. The Bertz CT molecular complexity index is 508. The van der Waals surface area contributed by atoms with E-state index in [1.807, 2.05) is 37.4 Å². The Morgan fingerprint density at radius 1 is 1.29 bits per heavy atom. The van der Waals surface area contributed by atoms with Crippen LogP contribution in [0.1, 0.15) is 21.8 Å². The molecule has 0 aliphatic heterocycles. The number of hydrogen-bond acceptors (Lipinski definition) is 4. The standard InChI is InChI=1S/C13H16N2OS/c1-9-4-3-5-11(13(9)16)6-14-7-12-15-10(2)8-17-12/h3-5,8,14,16H,6-7H2,1-2H3. The van der Waals surface area contributed by atoms with Crippen molar-refractivity contribution in [1.29, 1.82) is 0 Å². The van der Waals surface area contributed by atoms with Gasteiger partial charge in [-0.05, 0) is 19.4 Å². The van der Waals surface area contributed by atoms with E-state index in [1.54, 1.807) is 11.3 Å². The van der Waals surface area contributed by atoms with Crippen LogP contribution in [0.4, 0.5) is 0 Å². The molecular formula is C13H16N2OS. The third kappa shape index (κ3) is 3.05. The molecule has 0 atom stereocenters. The number of aryl methyl sites for hydroxylation is 2. The Labute approximate surface area is 105 Å². The van der Waals surface area contributed by atoms with E-state index in [9.17, 15) is 5.11 Å². The van der Waals surface area contributed by atoms with Crippen LogP contribution in [-0.2, 0) is 13.1 Å². The summed E-state index contributed by atoms with van der Waals surface area (Å²) in [4.78, 5) is 4.38. The minimum atomic E-state index is 0.385. The van der Waals surface area contributed by atoms with Crippen molar-refractivity contribution in [1.82, 2.24) is 10.3 Å². The van der Waals surface area contributed by atoms with Crippen molar-refractivity contribution in [2.75, 3.05) is 0 Å². The Morgan fingerprint density at radius 2 is 2.12 bits per heavy atom. The fourth-order valence-electron chi connectivity index (χ4n) is 1.65. The number of benzene rings is 1. The van der Waals surface area contributed by atoms with Crippen molar-refractivity contribution in [3.8, 4) is 5.75 Å². The van der Waals surface area contributed by atoms with E-state index in [4.69, 9.17) is 0 Å². The number of hydrogen-bond donors (Lipinski definition) is 2. The summed E-state index contributed by atoms with van der Waals surface area (Å²) < 4.78 is 0. The van der Waals surface area contributed by atoms with Crippen molar-refractivity contribution in [2.24, 2.45) is 0 Å². The first-order chi connectivity index (χ1) is 8.16. The molecular weight excluding hydrogens is 232 g/mol. The molecule has 0 aliphatic rings. The summed E-state index contributed by atoms with van der Waals surface area (Å²) in [6.45, 7) is 5.30. The highest BCUT2D eigenvalue weighted by Gasteiger charge is 2.03. The van der Waals surface area contributed by atoms with Crippen molar-refractivity contribution in [3.05, 3.63) is 45.4 Å². The molecule has 2 rings (SSSR count). The van der Waals surface area contributed by atoms with Gasteiger partial charge in [0.25, 0.3) is 0 Å². The third-order valence-corrected chi connectivity index (χ3v) is 3.55. The van der Waals surface area contributed by atoms with E-state index in [0.717, 1.165) is 28.4 Å². The van der Waals surface area contributed by atoms with Crippen molar-refractivity contribution >= 4 is 11.3 Å². The number of aromatic nitrogens is 1. The molecule has 17 heavy (non-hydrogen) atoms. The maximum absolute atomic E-state index is 9.85. The van der Waals surface area contributed by atoms with Crippen molar-refractivity contribution in [3.63, 3.8) is 0 Å². The molecule has 0 aliphatic carbocycles. The molecule has 1 heterocycles. The maximum atomic E-state index is 9.85. The molecule has 0 radical (unpaired) electrons. The van der Waals surface area contributed by atoms with Gasteiger partial charge in [-0.25, -0.2) is 4.98 Å². The van der Waals surface area contributed by atoms with Gasteiger partial charge in [-0.2, -0.15) is 0 Å². The van der Waals surface area contributed by atoms with E-state index < -0.39 is 0 Å². The maximum Gasteiger partial charge on any atom is 0.122 e. The minimum absolute atomic E-state index is 0.385. The molecule has 1 aromatic carbocycles. The molecule has 3 nitrogen and oxygen atoms in total. The zero-order valence-electron chi connectivity index (χ0n) is 10.0. The lowest BCUT2D eigenvalue weighted by Gasteiger charge is -2.07. The lowest BCUT2D eigenvalue weighted by atomic mass is 10.1. The van der Waals surface area contributed by atoms with E-state index in [-0.39, 0.29) is 0 Å². The van der Waals surface area contributed by atoms with Crippen LogP contribution in [0.2, 0.25) is 0 Å². The average Bonchev–Trinajstić information content (AvgIpc) is 2.70. The summed E-state index contributed by atoms with van der Waals surface area (Å²) in [6.07, 6.45) is 0. The minimum Gasteiger partial charge on any atom is -0.507 e. The Balaban J connectivity index is 1.92. The average molecular weight is 248 g/mol. The first kappa shape index (κ1) is 12.1. The van der Waals surface area contributed by atoms with Crippen LogP contribution in [0.25, 0.3) is 0 Å². The summed E-state index contributed by atoms with van der Waals surface area (Å²) in [7, 11) is 0. The van der Waals surface area contributed by atoms with E-state index in [1.165, 1.54) is 0 Å². The molecule has 0 spiro atoms. The second-order valence-corrected chi connectivity index (χ2v) is 5.01. The summed E-state index contributed by atoms with van der Waals surface area (Å²) in [5.41, 5.74) is 2.90. The van der Waals surface area contributed by atoms with E-state index in [2.05, 4.69) is 10.3 Å². The molecule has 90 valence electrons. The first-order valence-corrected chi connectivity index (χ1v) is 6.44. The molecule has 0 bridgehead atoms.